The molecule has 0 unspecified atom stereocenters. The molecule has 16 heavy (non-hydrogen) atoms. The molecule has 0 saturated carbocycles. The molecule has 1 amide bonds. The van der Waals surface area contributed by atoms with E-state index in [0.717, 1.165) is 17.9 Å². The van der Waals surface area contributed by atoms with Crippen molar-refractivity contribution in [3.05, 3.63) is 0 Å². The molecule has 0 aromatic heterocycles. The molecule has 0 rings (SSSR count). The highest BCUT2D eigenvalue weighted by Crippen LogP contribution is 2.10. The molecule has 0 saturated heterocycles. The fraction of sp³-hybridized carbons (Fsp3) is 0.917. The number of hydroxylamine groups is 2. The SMILES string of the molecule is CCCCCCC[C@@H](O)CC(=O)N(C)OC. The molecule has 0 radical (unpaired) electrons. The van der Waals surface area contributed by atoms with Crippen LogP contribution in [-0.4, -0.2) is 36.3 Å². The first-order chi connectivity index (χ1) is 7.61. The number of aliphatic hydroxyl groups is 1. The molecule has 1 atom stereocenters. The summed E-state index contributed by atoms with van der Waals surface area (Å²) in [5.74, 6) is -0.177. The Kier molecular flexibility index (Phi) is 9.24. The molecule has 0 aromatic carbocycles. The molecule has 0 aromatic rings. The summed E-state index contributed by atoms with van der Waals surface area (Å²) in [7, 11) is 2.99. The maximum Gasteiger partial charge on any atom is 0.248 e. The van der Waals surface area contributed by atoms with E-state index in [0.29, 0.717) is 6.42 Å². The lowest BCUT2D eigenvalue weighted by Gasteiger charge is -2.16. The predicted molar refractivity (Wildman–Crippen MR) is 63.8 cm³/mol. The van der Waals surface area contributed by atoms with Crippen LogP contribution < -0.4 is 0 Å². The van der Waals surface area contributed by atoms with Crippen LogP contribution in [0.25, 0.3) is 0 Å². The van der Waals surface area contributed by atoms with E-state index in [4.69, 9.17) is 4.84 Å². The monoisotopic (exact) mass is 231 g/mol. The van der Waals surface area contributed by atoms with Gasteiger partial charge in [0.25, 0.3) is 0 Å². The van der Waals surface area contributed by atoms with E-state index >= 15 is 0 Å². The summed E-state index contributed by atoms with van der Waals surface area (Å²) in [6, 6.07) is 0. The van der Waals surface area contributed by atoms with Crippen LogP contribution in [0.1, 0.15) is 51.9 Å². The van der Waals surface area contributed by atoms with Crippen molar-refractivity contribution in [3.63, 3.8) is 0 Å². The lowest BCUT2D eigenvalue weighted by atomic mass is 10.1. The average Bonchev–Trinajstić information content (AvgIpc) is 2.27. The Bertz CT molecular complexity index is 185. The van der Waals surface area contributed by atoms with Gasteiger partial charge in [-0.3, -0.25) is 9.63 Å². The van der Waals surface area contributed by atoms with Crippen molar-refractivity contribution in [1.82, 2.24) is 5.06 Å². The number of aliphatic hydroxyl groups excluding tert-OH is 1. The first kappa shape index (κ1) is 15.4. The Morgan fingerprint density at radius 3 is 2.50 bits per heavy atom. The lowest BCUT2D eigenvalue weighted by molar-refractivity contribution is -0.170. The summed E-state index contributed by atoms with van der Waals surface area (Å²) in [6.45, 7) is 2.17. The van der Waals surface area contributed by atoms with Gasteiger partial charge in [0.1, 0.15) is 0 Å². The van der Waals surface area contributed by atoms with Gasteiger partial charge in [-0.15, -0.1) is 0 Å². The molecule has 96 valence electrons. The van der Waals surface area contributed by atoms with Crippen molar-refractivity contribution in [2.75, 3.05) is 14.2 Å². The molecule has 1 N–H and O–H groups in total. The molecular formula is C12H25NO3. The van der Waals surface area contributed by atoms with Crippen LogP contribution in [0.3, 0.4) is 0 Å². The summed E-state index contributed by atoms with van der Waals surface area (Å²) < 4.78 is 0. The van der Waals surface area contributed by atoms with Crippen molar-refractivity contribution < 1.29 is 14.7 Å². The summed E-state index contributed by atoms with van der Waals surface area (Å²) in [4.78, 5) is 16.1. The predicted octanol–water partition coefficient (Wildman–Crippen LogP) is 2.12. The molecule has 4 heteroatoms. The number of nitrogens with zero attached hydrogens (tertiary/aromatic N) is 1. The van der Waals surface area contributed by atoms with E-state index in [9.17, 15) is 9.90 Å². The number of hydrogen-bond acceptors (Lipinski definition) is 3. The molecule has 0 aliphatic carbocycles. The standard InChI is InChI=1S/C12H25NO3/c1-4-5-6-7-8-9-11(14)10-12(15)13(2)16-3/h11,14H,4-10H2,1-3H3/t11-/m1/s1. The molecule has 0 heterocycles. The maximum atomic E-state index is 11.4. The van der Waals surface area contributed by atoms with Gasteiger partial charge in [0.15, 0.2) is 0 Å². The third-order valence-corrected chi connectivity index (χ3v) is 2.68. The highest BCUT2D eigenvalue weighted by molar-refractivity contribution is 5.75. The van der Waals surface area contributed by atoms with E-state index in [1.165, 1.54) is 26.4 Å². The van der Waals surface area contributed by atoms with Crippen LogP contribution in [0.5, 0.6) is 0 Å². The molecular weight excluding hydrogens is 206 g/mol. The van der Waals surface area contributed by atoms with Gasteiger partial charge in [-0.25, -0.2) is 5.06 Å². The van der Waals surface area contributed by atoms with Crippen LogP contribution in [-0.2, 0) is 9.63 Å². The average molecular weight is 231 g/mol. The Morgan fingerprint density at radius 1 is 1.31 bits per heavy atom. The van der Waals surface area contributed by atoms with Crippen molar-refractivity contribution >= 4 is 5.91 Å². The third-order valence-electron chi connectivity index (χ3n) is 2.68. The van der Waals surface area contributed by atoms with Gasteiger partial charge < -0.3 is 5.11 Å². The van der Waals surface area contributed by atoms with Crippen molar-refractivity contribution in [2.45, 2.75) is 58.0 Å². The van der Waals surface area contributed by atoms with Gasteiger partial charge in [-0.2, -0.15) is 0 Å². The van der Waals surface area contributed by atoms with E-state index in [1.54, 1.807) is 7.05 Å². The van der Waals surface area contributed by atoms with Crippen LogP contribution in [0, 0.1) is 0 Å². The second kappa shape index (κ2) is 9.60. The number of unbranched alkanes of at least 4 members (excludes halogenated alkanes) is 4. The van der Waals surface area contributed by atoms with Gasteiger partial charge in [-0.05, 0) is 6.42 Å². The number of carbonyl (C=O) groups excluding carboxylic acids is 1. The fourth-order valence-electron chi connectivity index (χ4n) is 1.52. The van der Waals surface area contributed by atoms with Gasteiger partial charge in [-0.1, -0.05) is 39.0 Å². The summed E-state index contributed by atoms with van der Waals surface area (Å²) in [5, 5.41) is 10.8. The van der Waals surface area contributed by atoms with E-state index in [2.05, 4.69) is 6.92 Å². The minimum absolute atomic E-state index is 0.151. The van der Waals surface area contributed by atoms with Crippen LogP contribution in [0.4, 0.5) is 0 Å². The van der Waals surface area contributed by atoms with Crippen molar-refractivity contribution in [3.8, 4) is 0 Å². The summed E-state index contributed by atoms with van der Waals surface area (Å²) in [5.41, 5.74) is 0. The number of rotatable bonds is 9. The van der Waals surface area contributed by atoms with Gasteiger partial charge in [0, 0.05) is 7.05 Å². The van der Waals surface area contributed by atoms with Crippen molar-refractivity contribution in [1.29, 1.82) is 0 Å². The van der Waals surface area contributed by atoms with Crippen molar-refractivity contribution in [2.24, 2.45) is 0 Å². The Balaban J connectivity index is 3.50. The first-order valence-corrected chi connectivity index (χ1v) is 6.10. The second-order valence-corrected chi connectivity index (χ2v) is 4.13. The minimum atomic E-state index is -0.535. The van der Waals surface area contributed by atoms with Gasteiger partial charge in [0.2, 0.25) is 5.91 Å². The zero-order valence-corrected chi connectivity index (χ0v) is 10.7. The lowest BCUT2D eigenvalue weighted by Crippen LogP contribution is -2.28. The summed E-state index contributed by atoms with van der Waals surface area (Å²) >= 11 is 0. The second-order valence-electron chi connectivity index (χ2n) is 4.13. The smallest absolute Gasteiger partial charge is 0.248 e. The molecule has 0 aliphatic rings. The summed E-state index contributed by atoms with van der Waals surface area (Å²) in [6.07, 6.45) is 6.14. The zero-order valence-electron chi connectivity index (χ0n) is 10.7. The third kappa shape index (κ3) is 7.65. The van der Waals surface area contributed by atoms with E-state index in [-0.39, 0.29) is 12.3 Å². The Labute approximate surface area is 98.5 Å². The highest BCUT2D eigenvalue weighted by atomic mass is 16.7. The largest absolute Gasteiger partial charge is 0.393 e. The zero-order chi connectivity index (χ0) is 12.4. The molecule has 0 aliphatic heterocycles. The maximum absolute atomic E-state index is 11.4. The van der Waals surface area contributed by atoms with Crippen LogP contribution >= 0.6 is 0 Å². The van der Waals surface area contributed by atoms with E-state index in [1.807, 2.05) is 0 Å². The van der Waals surface area contributed by atoms with Gasteiger partial charge in [0.05, 0.1) is 19.6 Å². The molecule has 4 nitrogen and oxygen atoms in total. The van der Waals surface area contributed by atoms with Gasteiger partial charge >= 0.3 is 0 Å². The Morgan fingerprint density at radius 2 is 1.94 bits per heavy atom. The number of amides is 1. The highest BCUT2D eigenvalue weighted by Gasteiger charge is 2.13. The number of carbonyl (C=O) groups is 1. The molecule has 0 bridgehead atoms. The minimum Gasteiger partial charge on any atom is -0.393 e. The topological polar surface area (TPSA) is 49.8 Å². The van der Waals surface area contributed by atoms with Crippen LogP contribution in [0.2, 0.25) is 0 Å². The van der Waals surface area contributed by atoms with E-state index < -0.39 is 6.10 Å². The number of hydrogen-bond donors (Lipinski definition) is 1. The molecule has 0 fully saturated rings. The quantitative estimate of drug-likeness (QED) is 0.488. The molecule has 0 spiro atoms. The first-order valence-electron chi connectivity index (χ1n) is 6.10. The normalized spacial score (nSPS) is 12.5. The Hall–Kier alpha value is -0.610. The van der Waals surface area contributed by atoms with Crippen LogP contribution in [0.15, 0.2) is 0 Å². The fourth-order valence-corrected chi connectivity index (χ4v) is 1.52.